The number of ether oxygens (including phenoxy) is 2. The van der Waals surface area contributed by atoms with Gasteiger partial charge in [0.15, 0.2) is 5.79 Å². The molecular formula is C42H77NO2. The van der Waals surface area contributed by atoms with Crippen LogP contribution in [0.3, 0.4) is 0 Å². The van der Waals surface area contributed by atoms with E-state index in [-0.39, 0.29) is 11.9 Å². The van der Waals surface area contributed by atoms with Gasteiger partial charge in [0, 0.05) is 12.8 Å². The monoisotopic (exact) mass is 628 g/mol. The molecule has 1 fully saturated rings. The van der Waals surface area contributed by atoms with Crippen LogP contribution in [0.25, 0.3) is 0 Å². The Morgan fingerprint density at radius 2 is 0.933 bits per heavy atom. The molecule has 0 aliphatic carbocycles. The first-order chi connectivity index (χ1) is 22.3. The van der Waals surface area contributed by atoms with Gasteiger partial charge in [-0.05, 0) is 97.1 Å². The summed E-state index contributed by atoms with van der Waals surface area (Å²) in [5.74, 6) is -0.317. The molecule has 1 rings (SSSR count). The Kier molecular flexibility index (Phi) is 30.5. The van der Waals surface area contributed by atoms with Gasteiger partial charge in [-0.15, -0.1) is 0 Å². The van der Waals surface area contributed by atoms with E-state index in [1.54, 1.807) is 0 Å². The lowest BCUT2D eigenvalue weighted by molar-refractivity contribution is -0.179. The highest BCUT2D eigenvalue weighted by Crippen LogP contribution is 2.35. The van der Waals surface area contributed by atoms with Crippen LogP contribution in [-0.4, -0.2) is 32.1 Å². The van der Waals surface area contributed by atoms with Crippen LogP contribution in [0, 0.1) is 0 Å². The van der Waals surface area contributed by atoms with Crippen molar-refractivity contribution in [3.05, 3.63) is 48.6 Å². The average Bonchev–Trinajstić information content (AvgIpc) is 3.46. The lowest BCUT2D eigenvalue weighted by atomic mass is 9.98. The Balaban J connectivity index is 2.12. The molecule has 0 amide bonds. The number of nitrogens with one attached hydrogen (secondary N) is 1. The molecule has 0 aromatic rings. The molecule has 0 aromatic carbocycles. The van der Waals surface area contributed by atoms with E-state index in [9.17, 15) is 0 Å². The van der Waals surface area contributed by atoms with Gasteiger partial charge in [0.05, 0.1) is 12.7 Å². The van der Waals surface area contributed by atoms with Crippen LogP contribution in [0.15, 0.2) is 48.6 Å². The first-order valence-electron chi connectivity index (χ1n) is 19.8. The number of hydrogen-bond acceptors (Lipinski definition) is 3. The highest BCUT2D eigenvalue weighted by molar-refractivity contribution is 4.93. The van der Waals surface area contributed by atoms with Crippen LogP contribution >= 0.6 is 0 Å². The van der Waals surface area contributed by atoms with Crippen LogP contribution in [-0.2, 0) is 9.47 Å². The van der Waals surface area contributed by atoms with Gasteiger partial charge in [-0.1, -0.05) is 140 Å². The van der Waals surface area contributed by atoms with Gasteiger partial charge in [-0.25, -0.2) is 0 Å². The summed E-state index contributed by atoms with van der Waals surface area (Å²) < 4.78 is 13.0. The fourth-order valence-electron chi connectivity index (χ4n) is 6.22. The normalized spacial score (nSPS) is 19.0. The highest BCUT2D eigenvalue weighted by atomic mass is 16.7. The van der Waals surface area contributed by atoms with Gasteiger partial charge >= 0.3 is 0 Å². The van der Waals surface area contributed by atoms with E-state index in [1.807, 2.05) is 7.05 Å². The topological polar surface area (TPSA) is 30.5 Å². The molecular weight excluding hydrogens is 550 g/mol. The van der Waals surface area contributed by atoms with E-state index in [1.165, 1.54) is 141 Å². The molecule has 1 saturated heterocycles. The van der Waals surface area contributed by atoms with Crippen LogP contribution in [0.1, 0.15) is 187 Å². The quantitative estimate of drug-likeness (QED) is 0.0580. The van der Waals surface area contributed by atoms with Crippen molar-refractivity contribution in [2.75, 3.05) is 20.2 Å². The zero-order valence-electron chi connectivity index (χ0n) is 30.5. The number of unbranched alkanes of at least 4 members (excludes halogenated alkanes) is 18. The van der Waals surface area contributed by atoms with E-state index < -0.39 is 0 Å². The first-order valence-corrected chi connectivity index (χ1v) is 19.8. The van der Waals surface area contributed by atoms with Crippen molar-refractivity contribution in [1.29, 1.82) is 0 Å². The molecule has 0 radical (unpaired) electrons. The minimum Gasteiger partial charge on any atom is -0.347 e. The van der Waals surface area contributed by atoms with Gasteiger partial charge in [0.25, 0.3) is 0 Å². The Labute approximate surface area is 282 Å². The molecule has 1 aliphatic heterocycles. The molecule has 0 saturated carbocycles. The van der Waals surface area contributed by atoms with E-state index in [0.29, 0.717) is 0 Å². The Morgan fingerprint density at radius 3 is 1.36 bits per heavy atom. The van der Waals surface area contributed by atoms with Gasteiger partial charge < -0.3 is 14.8 Å². The largest absolute Gasteiger partial charge is 0.347 e. The van der Waals surface area contributed by atoms with E-state index in [0.717, 1.165) is 45.3 Å². The van der Waals surface area contributed by atoms with Gasteiger partial charge in [-0.3, -0.25) is 0 Å². The van der Waals surface area contributed by atoms with Crippen LogP contribution in [0.5, 0.6) is 0 Å². The second-order valence-corrected chi connectivity index (χ2v) is 13.5. The predicted molar refractivity (Wildman–Crippen MR) is 200 cm³/mol. The number of rotatable bonds is 33. The summed E-state index contributed by atoms with van der Waals surface area (Å²) in [4.78, 5) is 0. The molecule has 0 spiro atoms. The molecule has 262 valence electrons. The smallest absolute Gasteiger partial charge is 0.168 e. The van der Waals surface area contributed by atoms with E-state index >= 15 is 0 Å². The summed E-state index contributed by atoms with van der Waals surface area (Å²) in [6, 6.07) is 0. The maximum absolute atomic E-state index is 6.61. The second-order valence-electron chi connectivity index (χ2n) is 13.5. The zero-order valence-corrected chi connectivity index (χ0v) is 30.5. The summed E-state index contributed by atoms with van der Waals surface area (Å²) in [5, 5.41) is 3.28. The van der Waals surface area contributed by atoms with Crippen molar-refractivity contribution >= 4 is 0 Å². The molecule has 0 bridgehead atoms. The molecule has 45 heavy (non-hydrogen) atoms. The SMILES string of the molecule is CCCCC/C=C\C/C=C\CCCCCCCCC1(CCCCCCCC/C=C/C/C=C/CCCCC)OCC(CCNC)O1. The lowest BCUT2D eigenvalue weighted by Gasteiger charge is -2.28. The maximum Gasteiger partial charge on any atom is 0.168 e. The van der Waals surface area contributed by atoms with Crippen molar-refractivity contribution < 1.29 is 9.47 Å². The Hall–Kier alpha value is -1.16. The Bertz CT molecular complexity index is 676. The third-order valence-electron chi connectivity index (χ3n) is 9.15. The van der Waals surface area contributed by atoms with Crippen molar-refractivity contribution in [2.24, 2.45) is 0 Å². The summed E-state index contributed by atoms with van der Waals surface area (Å²) in [5.41, 5.74) is 0. The van der Waals surface area contributed by atoms with Crippen molar-refractivity contribution in [1.82, 2.24) is 5.32 Å². The first kappa shape index (κ1) is 41.9. The standard InChI is InChI=1S/C42H77NO2/c1-4-6-8-10-12-14-16-18-20-22-24-26-28-30-32-34-37-42(44-40-41(45-42)36-39-43-3)38-35-33-31-29-27-25-23-21-19-17-15-13-11-9-7-5-2/h12-15,18-21,41,43H,4-11,16-17,22-40H2,1-3H3/b14-12-,15-13+,20-18-,21-19+. The fraction of sp³-hybridized carbons (Fsp3) is 0.810. The minimum absolute atomic E-state index is 0.256. The van der Waals surface area contributed by atoms with Gasteiger partial charge in [-0.2, -0.15) is 0 Å². The minimum atomic E-state index is -0.317. The number of hydrogen-bond donors (Lipinski definition) is 1. The number of allylic oxidation sites excluding steroid dienone is 8. The van der Waals surface area contributed by atoms with Crippen LogP contribution < -0.4 is 5.32 Å². The molecule has 0 aromatic heterocycles. The fourth-order valence-corrected chi connectivity index (χ4v) is 6.22. The maximum atomic E-state index is 6.61. The van der Waals surface area contributed by atoms with Crippen LogP contribution in [0.2, 0.25) is 0 Å². The molecule has 1 aliphatic rings. The summed E-state index contributed by atoms with van der Waals surface area (Å²) in [7, 11) is 2.03. The summed E-state index contributed by atoms with van der Waals surface area (Å²) >= 11 is 0. The van der Waals surface area contributed by atoms with E-state index in [4.69, 9.17) is 9.47 Å². The molecule has 3 heteroatoms. The Morgan fingerprint density at radius 1 is 0.533 bits per heavy atom. The van der Waals surface area contributed by atoms with Crippen molar-refractivity contribution in [3.8, 4) is 0 Å². The molecule has 3 nitrogen and oxygen atoms in total. The van der Waals surface area contributed by atoms with Crippen molar-refractivity contribution in [2.45, 2.75) is 199 Å². The van der Waals surface area contributed by atoms with E-state index in [2.05, 4.69) is 67.8 Å². The average molecular weight is 628 g/mol. The molecule has 2 unspecified atom stereocenters. The second kappa shape index (κ2) is 32.8. The third kappa shape index (κ3) is 26.6. The highest BCUT2D eigenvalue weighted by Gasteiger charge is 2.40. The zero-order chi connectivity index (χ0) is 32.4. The van der Waals surface area contributed by atoms with Gasteiger partial charge in [0.2, 0.25) is 0 Å². The van der Waals surface area contributed by atoms with Crippen LogP contribution in [0.4, 0.5) is 0 Å². The molecule has 1 N–H and O–H groups in total. The summed E-state index contributed by atoms with van der Waals surface area (Å²) in [6.45, 7) is 6.31. The molecule has 1 heterocycles. The predicted octanol–water partition coefficient (Wildman–Crippen LogP) is 13.1. The lowest BCUT2D eigenvalue weighted by Crippen LogP contribution is -2.31. The van der Waals surface area contributed by atoms with Crippen molar-refractivity contribution in [3.63, 3.8) is 0 Å². The van der Waals surface area contributed by atoms with Gasteiger partial charge in [0.1, 0.15) is 0 Å². The third-order valence-corrected chi connectivity index (χ3v) is 9.15. The summed E-state index contributed by atoms with van der Waals surface area (Å²) in [6.07, 6.45) is 53.3. The molecule has 2 atom stereocenters.